The predicted molar refractivity (Wildman–Crippen MR) is 96.4 cm³/mol. The number of benzene rings is 2. The summed E-state index contributed by atoms with van der Waals surface area (Å²) < 4.78 is 17.5. The van der Waals surface area contributed by atoms with Crippen molar-refractivity contribution in [2.75, 3.05) is 18.5 Å². The van der Waals surface area contributed by atoms with Crippen molar-refractivity contribution in [2.45, 2.75) is 0 Å². The second-order valence-corrected chi connectivity index (χ2v) is 5.76. The number of nitrogens with zero attached hydrogens (tertiary/aromatic N) is 1. The summed E-state index contributed by atoms with van der Waals surface area (Å²) in [6, 6.07) is 8.33. The van der Waals surface area contributed by atoms with E-state index in [4.69, 9.17) is 16.3 Å². The summed E-state index contributed by atoms with van der Waals surface area (Å²) >= 11 is 5.71. The number of ether oxygens (including phenoxy) is 1. The molecule has 146 valence electrons. The van der Waals surface area contributed by atoms with Crippen LogP contribution in [0.1, 0.15) is 10.4 Å². The van der Waals surface area contributed by atoms with E-state index >= 15 is 0 Å². The molecule has 0 radical (unpaired) electrons. The first-order valence-electron chi connectivity index (χ1n) is 7.69. The van der Waals surface area contributed by atoms with Gasteiger partial charge in [0.2, 0.25) is 5.91 Å². The van der Waals surface area contributed by atoms with Gasteiger partial charge in [-0.25, -0.2) is 9.18 Å². The average Bonchev–Trinajstić information content (AvgIpc) is 2.66. The van der Waals surface area contributed by atoms with Gasteiger partial charge in [0.25, 0.3) is 11.6 Å². The summed E-state index contributed by atoms with van der Waals surface area (Å²) in [6.45, 7) is -1.18. The van der Waals surface area contributed by atoms with Gasteiger partial charge in [0, 0.05) is 16.8 Å². The van der Waals surface area contributed by atoms with Crippen molar-refractivity contribution in [3.63, 3.8) is 0 Å². The van der Waals surface area contributed by atoms with Gasteiger partial charge in [-0.1, -0.05) is 11.6 Å². The lowest BCUT2D eigenvalue weighted by Gasteiger charge is -2.08. The Morgan fingerprint density at radius 3 is 2.43 bits per heavy atom. The van der Waals surface area contributed by atoms with Crippen LogP contribution in [0.2, 0.25) is 5.02 Å². The van der Waals surface area contributed by atoms with Gasteiger partial charge in [-0.3, -0.25) is 19.7 Å². The minimum Gasteiger partial charge on any atom is -0.452 e. The van der Waals surface area contributed by atoms with E-state index in [1.807, 2.05) is 0 Å². The second kappa shape index (κ2) is 9.42. The predicted octanol–water partition coefficient (Wildman–Crippen LogP) is 2.30. The molecule has 0 aromatic heterocycles. The van der Waals surface area contributed by atoms with Crippen LogP contribution in [0.5, 0.6) is 0 Å². The molecule has 0 fully saturated rings. The Bertz CT molecular complexity index is 920. The van der Waals surface area contributed by atoms with E-state index < -0.39 is 52.9 Å². The Morgan fingerprint density at radius 2 is 1.79 bits per heavy atom. The lowest BCUT2D eigenvalue weighted by molar-refractivity contribution is -0.385. The van der Waals surface area contributed by atoms with Gasteiger partial charge in [0.1, 0.15) is 11.4 Å². The number of hydrogen-bond donors (Lipinski definition) is 2. The quantitative estimate of drug-likeness (QED) is 0.410. The van der Waals surface area contributed by atoms with Crippen LogP contribution in [-0.4, -0.2) is 35.9 Å². The highest BCUT2D eigenvalue weighted by atomic mass is 35.5. The van der Waals surface area contributed by atoms with E-state index in [1.54, 1.807) is 0 Å². The molecule has 0 bridgehead atoms. The summed E-state index contributed by atoms with van der Waals surface area (Å²) in [6.07, 6.45) is 0. The molecule has 9 nitrogen and oxygen atoms in total. The highest BCUT2D eigenvalue weighted by molar-refractivity contribution is 6.31. The molecule has 0 aliphatic rings. The smallest absolute Gasteiger partial charge is 0.345 e. The van der Waals surface area contributed by atoms with Gasteiger partial charge >= 0.3 is 5.97 Å². The van der Waals surface area contributed by atoms with Crippen molar-refractivity contribution >= 4 is 40.8 Å². The normalized spacial score (nSPS) is 10.1. The maximum absolute atomic E-state index is 12.8. The van der Waals surface area contributed by atoms with Crippen molar-refractivity contribution in [2.24, 2.45) is 0 Å². The monoisotopic (exact) mass is 409 g/mol. The number of rotatable bonds is 7. The number of halogens is 2. The molecular weight excluding hydrogens is 397 g/mol. The van der Waals surface area contributed by atoms with Crippen LogP contribution >= 0.6 is 11.6 Å². The zero-order valence-electron chi connectivity index (χ0n) is 14.1. The molecule has 0 aliphatic heterocycles. The number of nitro benzene ring substituents is 1. The SMILES string of the molecule is O=C(COC(=O)c1cc(Cl)ccc1[N+](=O)[O-])NCC(=O)Nc1ccc(F)cc1. The number of carbonyl (C=O) groups excluding carboxylic acids is 3. The van der Waals surface area contributed by atoms with E-state index in [0.29, 0.717) is 5.69 Å². The molecule has 2 aromatic rings. The molecule has 0 saturated heterocycles. The lowest BCUT2D eigenvalue weighted by atomic mass is 10.2. The number of amides is 2. The minimum atomic E-state index is -1.11. The molecule has 0 unspecified atom stereocenters. The van der Waals surface area contributed by atoms with Gasteiger partial charge in [-0.05, 0) is 36.4 Å². The maximum atomic E-state index is 12.8. The average molecular weight is 410 g/mol. The Balaban J connectivity index is 1.83. The Labute approximate surface area is 162 Å². The summed E-state index contributed by atoms with van der Waals surface area (Å²) in [4.78, 5) is 45.5. The van der Waals surface area contributed by atoms with Gasteiger partial charge in [-0.15, -0.1) is 0 Å². The fourth-order valence-corrected chi connectivity index (χ4v) is 2.18. The third-order valence-corrected chi connectivity index (χ3v) is 3.52. The Morgan fingerprint density at radius 1 is 1.11 bits per heavy atom. The van der Waals surface area contributed by atoms with E-state index in [9.17, 15) is 28.9 Å². The first-order valence-corrected chi connectivity index (χ1v) is 8.07. The zero-order valence-corrected chi connectivity index (χ0v) is 14.9. The second-order valence-electron chi connectivity index (χ2n) is 5.33. The van der Waals surface area contributed by atoms with Gasteiger partial charge in [-0.2, -0.15) is 0 Å². The Kier molecular flexibility index (Phi) is 6.99. The van der Waals surface area contributed by atoms with Crippen molar-refractivity contribution in [1.82, 2.24) is 5.32 Å². The highest BCUT2D eigenvalue weighted by Gasteiger charge is 2.22. The molecule has 0 spiro atoms. The number of nitrogens with one attached hydrogen (secondary N) is 2. The number of anilines is 1. The fraction of sp³-hybridized carbons (Fsp3) is 0.118. The van der Waals surface area contributed by atoms with Crippen LogP contribution in [0, 0.1) is 15.9 Å². The molecule has 2 aromatic carbocycles. The number of hydrogen-bond acceptors (Lipinski definition) is 6. The molecule has 0 aliphatic carbocycles. The Hall–Kier alpha value is -3.53. The molecule has 2 N–H and O–H groups in total. The number of nitro groups is 1. The zero-order chi connectivity index (χ0) is 20.7. The lowest BCUT2D eigenvalue weighted by Crippen LogP contribution is -2.35. The van der Waals surface area contributed by atoms with Crippen LogP contribution in [0.4, 0.5) is 15.8 Å². The summed E-state index contributed by atoms with van der Waals surface area (Å²) in [5.41, 5.74) is -0.590. The molecule has 0 atom stereocenters. The maximum Gasteiger partial charge on any atom is 0.345 e. The minimum absolute atomic E-state index is 0.0828. The first kappa shape index (κ1) is 20.8. The van der Waals surface area contributed by atoms with Crippen molar-refractivity contribution in [1.29, 1.82) is 0 Å². The van der Waals surface area contributed by atoms with Crippen LogP contribution in [0.3, 0.4) is 0 Å². The third-order valence-electron chi connectivity index (χ3n) is 3.28. The van der Waals surface area contributed by atoms with Crippen molar-refractivity contribution in [3.8, 4) is 0 Å². The van der Waals surface area contributed by atoms with E-state index in [0.717, 1.165) is 24.3 Å². The summed E-state index contributed by atoms with van der Waals surface area (Å²) in [7, 11) is 0. The molecular formula is C17H13ClFN3O6. The van der Waals surface area contributed by atoms with Gasteiger partial charge < -0.3 is 15.4 Å². The van der Waals surface area contributed by atoms with E-state index in [2.05, 4.69) is 10.6 Å². The van der Waals surface area contributed by atoms with Crippen LogP contribution in [0.15, 0.2) is 42.5 Å². The van der Waals surface area contributed by atoms with Crippen LogP contribution < -0.4 is 10.6 Å². The standard InChI is InChI=1S/C17H13ClFN3O6/c18-10-1-6-14(22(26)27)13(7-10)17(25)28-9-16(24)20-8-15(23)21-12-4-2-11(19)3-5-12/h1-7H,8-9H2,(H,20,24)(H,21,23). The van der Waals surface area contributed by atoms with Gasteiger partial charge in [0.15, 0.2) is 6.61 Å². The van der Waals surface area contributed by atoms with Crippen molar-refractivity contribution < 1.29 is 28.4 Å². The fourth-order valence-electron chi connectivity index (χ4n) is 2.01. The number of esters is 1. The largest absolute Gasteiger partial charge is 0.452 e. The van der Waals surface area contributed by atoms with Gasteiger partial charge in [0.05, 0.1) is 11.5 Å². The van der Waals surface area contributed by atoms with Crippen molar-refractivity contribution in [3.05, 3.63) is 69.0 Å². The van der Waals surface area contributed by atoms with E-state index in [-0.39, 0.29) is 5.02 Å². The van der Waals surface area contributed by atoms with E-state index in [1.165, 1.54) is 18.2 Å². The molecule has 0 saturated carbocycles. The topological polar surface area (TPSA) is 128 Å². The molecule has 0 heterocycles. The molecule has 28 heavy (non-hydrogen) atoms. The van der Waals surface area contributed by atoms with Crippen LogP contribution in [-0.2, 0) is 14.3 Å². The summed E-state index contributed by atoms with van der Waals surface area (Å²) in [5.74, 6) is -2.96. The van der Waals surface area contributed by atoms with Crippen LogP contribution in [0.25, 0.3) is 0 Å². The first-order chi connectivity index (χ1) is 13.3. The molecule has 2 amide bonds. The molecule has 11 heteroatoms. The molecule has 2 rings (SSSR count). The third kappa shape index (κ3) is 6.02. The summed E-state index contributed by atoms with van der Waals surface area (Å²) in [5, 5.41) is 15.6. The number of carbonyl (C=O) groups is 3. The highest BCUT2D eigenvalue weighted by Crippen LogP contribution is 2.23.